The first-order chi connectivity index (χ1) is 14.1. The van der Waals surface area contributed by atoms with Crippen LogP contribution in [0.15, 0.2) is 48.7 Å². The van der Waals surface area contributed by atoms with Crippen molar-refractivity contribution in [2.75, 3.05) is 26.3 Å². The van der Waals surface area contributed by atoms with Gasteiger partial charge in [0.2, 0.25) is 5.91 Å². The van der Waals surface area contributed by atoms with Crippen LogP contribution in [0.5, 0.6) is 0 Å². The lowest BCUT2D eigenvalue weighted by molar-refractivity contribution is -0.135. The Morgan fingerprint density at radius 3 is 2.66 bits per heavy atom. The first-order valence-electron chi connectivity index (χ1n) is 9.66. The van der Waals surface area contributed by atoms with Crippen LogP contribution in [0, 0.1) is 0 Å². The van der Waals surface area contributed by atoms with E-state index in [1.165, 1.54) is 0 Å². The zero-order chi connectivity index (χ0) is 20.2. The van der Waals surface area contributed by atoms with Gasteiger partial charge >= 0.3 is 0 Å². The molecule has 3 heterocycles. The van der Waals surface area contributed by atoms with Crippen LogP contribution in [0.1, 0.15) is 29.3 Å². The van der Waals surface area contributed by atoms with Gasteiger partial charge in [-0.15, -0.1) is 0 Å². The molecule has 1 aromatic carbocycles. The van der Waals surface area contributed by atoms with E-state index in [0.29, 0.717) is 37.8 Å². The van der Waals surface area contributed by atoms with Crippen LogP contribution in [0.25, 0.3) is 11.0 Å². The van der Waals surface area contributed by atoms with Crippen LogP contribution < -0.4 is 5.32 Å². The summed E-state index contributed by atoms with van der Waals surface area (Å²) < 4.78 is 7.22. The minimum absolute atomic E-state index is 0.0148. The number of benzene rings is 1. The largest absolute Gasteiger partial charge is 0.378 e. The summed E-state index contributed by atoms with van der Waals surface area (Å²) in [7, 11) is 0. The van der Waals surface area contributed by atoms with Gasteiger partial charge < -0.3 is 19.5 Å². The molecule has 2 aromatic heterocycles. The Balaban J connectivity index is 1.60. The van der Waals surface area contributed by atoms with Gasteiger partial charge in [-0.2, -0.15) is 0 Å². The molecule has 8 nitrogen and oxygen atoms in total. The van der Waals surface area contributed by atoms with E-state index >= 15 is 0 Å². The number of carbonyl (C=O) groups is 2. The summed E-state index contributed by atoms with van der Waals surface area (Å²) in [5.74, 6) is 0.370. The van der Waals surface area contributed by atoms with Crippen molar-refractivity contribution in [3.8, 4) is 0 Å². The van der Waals surface area contributed by atoms with Gasteiger partial charge in [0.25, 0.3) is 5.91 Å². The average Bonchev–Trinajstić information content (AvgIpc) is 3.13. The molecule has 1 N–H and O–H groups in total. The van der Waals surface area contributed by atoms with E-state index in [0.717, 1.165) is 11.0 Å². The standard InChI is InChI=1S/C21H23N5O3/c1-15(23-21(28)17-7-4-5-9-22-17)20-24-16-6-2-3-8-18(16)26(20)14-19(27)25-10-12-29-13-11-25/h2-9,15H,10-14H2,1H3,(H,23,28). The molecule has 0 bridgehead atoms. The normalized spacial score (nSPS) is 15.3. The highest BCUT2D eigenvalue weighted by Crippen LogP contribution is 2.21. The maximum atomic E-state index is 12.9. The highest BCUT2D eigenvalue weighted by atomic mass is 16.5. The number of amides is 2. The first-order valence-corrected chi connectivity index (χ1v) is 9.66. The molecular formula is C21H23N5O3. The van der Waals surface area contributed by atoms with Crippen molar-refractivity contribution < 1.29 is 14.3 Å². The van der Waals surface area contributed by atoms with E-state index in [1.54, 1.807) is 29.3 Å². The van der Waals surface area contributed by atoms with Crippen molar-refractivity contribution in [3.05, 3.63) is 60.2 Å². The maximum absolute atomic E-state index is 12.9. The Morgan fingerprint density at radius 2 is 1.90 bits per heavy atom. The van der Waals surface area contributed by atoms with Crippen LogP contribution >= 0.6 is 0 Å². The number of imidazole rings is 1. The Labute approximate surface area is 168 Å². The fourth-order valence-corrected chi connectivity index (χ4v) is 3.47. The first kappa shape index (κ1) is 19.1. The summed E-state index contributed by atoms with van der Waals surface area (Å²) in [6.07, 6.45) is 1.58. The summed E-state index contributed by atoms with van der Waals surface area (Å²) in [6.45, 7) is 4.32. The molecule has 3 aromatic rings. The van der Waals surface area contributed by atoms with E-state index < -0.39 is 6.04 Å². The molecule has 8 heteroatoms. The number of carbonyl (C=O) groups excluding carboxylic acids is 2. The lowest BCUT2D eigenvalue weighted by Crippen LogP contribution is -2.42. The van der Waals surface area contributed by atoms with Crippen molar-refractivity contribution in [2.24, 2.45) is 0 Å². The van der Waals surface area contributed by atoms with Gasteiger partial charge in [-0.25, -0.2) is 4.98 Å². The van der Waals surface area contributed by atoms with Crippen LogP contribution in [-0.2, 0) is 16.1 Å². The van der Waals surface area contributed by atoms with E-state index in [-0.39, 0.29) is 18.4 Å². The monoisotopic (exact) mass is 393 g/mol. The van der Waals surface area contributed by atoms with Gasteiger partial charge in [0.15, 0.2) is 0 Å². The van der Waals surface area contributed by atoms with Crippen LogP contribution in [0.2, 0.25) is 0 Å². The topological polar surface area (TPSA) is 89.3 Å². The van der Waals surface area contributed by atoms with Crippen LogP contribution in [0.4, 0.5) is 0 Å². The van der Waals surface area contributed by atoms with Gasteiger partial charge in [-0.1, -0.05) is 18.2 Å². The zero-order valence-corrected chi connectivity index (χ0v) is 16.2. The maximum Gasteiger partial charge on any atom is 0.270 e. The number of rotatable bonds is 5. The lowest BCUT2D eigenvalue weighted by Gasteiger charge is -2.27. The van der Waals surface area contributed by atoms with Crippen molar-refractivity contribution >= 4 is 22.8 Å². The molecule has 1 fully saturated rings. The highest BCUT2D eigenvalue weighted by Gasteiger charge is 2.23. The number of aromatic nitrogens is 3. The van der Waals surface area contributed by atoms with Gasteiger partial charge in [-0.3, -0.25) is 14.6 Å². The van der Waals surface area contributed by atoms with Gasteiger partial charge in [-0.05, 0) is 31.2 Å². The van der Waals surface area contributed by atoms with Crippen molar-refractivity contribution in [3.63, 3.8) is 0 Å². The van der Waals surface area contributed by atoms with Crippen molar-refractivity contribution in [2.45, 2.75) is 19.5 Å². The number of nitrogens with zero attached hydrogens (tertiary/aromatic N) is 4. The summed E-state index contributed by atoms with van der Waals surface area (Å²) in [4.78, 5) is 36.0. The smallest absolute Gasteiger partial charge is 0.270 e. The number of fused-ring (bicyclic) bond motifs is 1. The predicted molar refractivity (Wildman–Crippen MR) is 107 cm³/mol. The number of hydrogen-bond donors (Lipinski definition) is 1. The molecule has 0 spiro atoms. The molecule has 1 aliphatic heterocycles. The molecule has 1 aliphatic rings. The molecule has 150 valence electrons. The molecule has 2 amide bonds. The minimum atomic E-state index is -0.394. The third kappa shape index (κ3) is 4.12. The molecule has 29 heavy (non-hydrogen) atoms. The van der Waals surface area contributed by atoms with Crippen molar-refractivity contribution in [1.82, 2.24) is 24.8 Å². The molecule has 1 saturated heterocycles. The van der Waals surface area contributed by atoms with Gasteiger partial charge in [0, 0.05) is 19.3 Å². The quantitative estimate of drug-likeness (QED) is 0.714. The van der Waals surface area contributed by atoms with E-state index in [2.05, 4.69) is 15.3 Å². The van der Waals surface area contributed by atoms with E-state index in [9.17, 15) is 9.59 Å². The van der Waals surface area contributed by atoms with Crippen LogP contribution in [-0.4, -0.2) is 57.6 Å². The molecule has 0 radical (unpaired) electrons. The summed E-state index contributed by atoms with van der Waals surface area (Å²) >= 11 is 0. The number of morpholine rings is 1. The molecule has 0 saturated carbocycles. The third-order valence-electron chi connectivity index (χ3n) is 4.97. The van der Waals surface area contributed by atoms with Crippen molar-refractivity contribution in [1.29, 1.82) is 0 Å². The minimum Gasteiger partial charge on any atom is -0.378 e. The SMILES string of the molecule is CC(NC(=O)c1ccccn1)c1nc2ccccc2n1CC(=O)N1CCOCC1. The number of nitrogens with one attached hydrogen (secondary N) is 1. The molecule has 1 atom stereocenters. The Hall–Kier alpha value is -3.26. The van der Waals surface area contributed by atoms with E-state index in [1.807, 2.05) is 35.8 Å². The van der Waals surface area contributed by atoms with Gasteiger partial charge in [0.05, 0.1) is 30.3 Å². The number of ether oxygens (including phenoxy) is 1. The molecule has 1 unspecified atom stereocenters. The summed E-state index contributed by atoms with van der Waals surface area (Å²) in [5.41, 5.74) is 1.99. The Morgan fingerprint density at radius 1 is 1.14 bits per heavy atom. The molecule has 4 rings (SSSR count). The molecule has 0 aliphatic carbocycles. The second-order valence-electron chi connectivity index (χ2n) is 6.95. The summed E-state index contributed by atoms with van der Waals surface area (Å²) in [6, 6.07) is 12.5. The second-order valence-corrected chi connectivity index (χ2v) is 6.95. The Kier molecular flexibility index (Phi) is 5.53. The third-order valence-corrected chi connectivity index (χ3v) is 4.97. The van der Waals surface area contributed by atoms with Gasteiger partial charge in [0.1, 0.15) is 18.1 Å². The number of para-hydroxylation sites is 2. The fourth-order valence-electron chi connectivity index (χ4n) is 3.47. The fraction of sp³-hybridized carbons (Fsp3) is 0.333. The highest BCUT2D eigenvalue weighted by molar-refractivity contribution is 5.92. The second kappa shape index (κ2) is 8.40. The Bertz CT molecular complexity index is 1010. The number of pyridine rings is 1. The molecular weight excluding hydrogens is 370 g/mol. The van der Waals surface area contributed by atoms with Crippen LogP contribution in [0.3, 0.4) is 0 Å². The number of hydrogen-bond acceptors (Lipinski definition) is 5. The predicted octanol–water partition coefficient (Wildman–Crippen LogP) is 1.78. The lowest BCUT2D eigenvalue weighted by atomic mass is 10.2. The van der Waals surface area contributed by atoms with E-state index in [4.69, 9.17) is 4.74 Å². The zero-order valence-electron chi connectivity index (χ0n) is 16.2. The average molecular weight is 393 g/mol. The summed E-state index contributed by atoms with van der Waals surface area (Å²) in [5, 5.41) is 2.94.